The zero-order valence-corrected chi connectivity index (χ0v) is 19.7. The second kappa shape index (κ2) is 7.98. The Hall–Kier alpha value is -4.20. The first kappa shape index (κ1) is 20.4. The summed E-state index contributed by atoms with van der Waals surface area (Å²) in [5.41, 5.74) is 8.88. The molecule has 0 N–H and O–H groups in total. The van der Waals surface area contributed by atoms with Crippen LogP contribution in [0.15, 0.2) is 94.9 Å². The van der Waals surface area contributed by atoms with E-state index in [1.807, 2.05) is 30.3 Å². The molecule has 0 atom stereocenters. The van der Waals surface area contributed by atoms with Crippen LogP contribution in [0, 0.1) is 18.3 Å². The van der Waals surface area contributed by atoms with Crippen LogP contribution in [0.3, 0.4) is 0 Å². The zero-order chi connectivity index (χ0) is 23.2. The van der Waals surface area contributed by atoms with E-state index in [-0.39, 0.29) is 0 Å². The highest BCUT2D eigenvalue weighted by Crippen LogP contribution is 2.42. The molecule has 0 aliphatic carbocycles. The standard InChI is InChI=1S/C30H21N2OS/c1-19-8-13-24-26-17-20(18-31)16-25(23-11-9-22(10-12-23)21-6-4-3-5-7-21)28(26)33-29(24)27(19)30-32(2)14-15-34-30/h3-17H,1-2H3/q+1. The lowest BCUT2D eigenvalue weighted by Crippen LogP contribution is -2.26. The Labute approximate surface area is 201 Å². The molecule has 2 heterocycles. The molecule has 162 valence electrons. The maximum absolute atomic E-state index is 9.77. The second-order valence-corrected chi connectivity index (χ2v) is 9.41. The molecular weight excluding hydrogens is 436 g/mol. The Morgan fingerprint density at radius 3 is 2.26 bits per heavy atom. The van der Waals surface area contributed by atoms with Crippen LogP contribution in [0.25, 0.3) is 54.8 Å². The van der Waals surface area contributed by atoms with Crippen molar-refractivity contribution in [3.63, 3.8) is 0 Å². The predicted octanol–water partition coefficient (Wildman–Crippen LogP) is 7.65. The summed E-state index contributed by atoms with van der Waals surface area (Å²) in [7, 11) is 2.06. The highest BCUT2D eigenvalue weighted by atomic mass is 32.1. The van der Waals surface area contributed by atoms with Gasteiger partial charge in [0, 0.05) is 16.3 Å². The largest absolute Gasteiger partial charge is 0.454 e. The molecule has 2 aromatic heterocycles. The smallest absolute Gasteiger partial charge is 0.272 e. The molecule has 34 heavy (non-hydrogen) atoms. The van der Waals surface area contributed by atoms with Gasteiger partial charge in [0.15, 0.2) is 11.8 Å². The Kier molecular flexibility index (Phi) is 4.79. The number of nitriles is 1. The van der Waals surface area contributed by atoms with Crippen molar-refractivity contribution in [2.45, 2.75) is 6.92 Å². The van der Waals surface area contributed by atoms with Crippen LogP contribution in [0.2, 0.25) is 0 Å². The minimum Gasteiger partial charge on any atom is -0.454 e. The fourth-order valence-electron chi connectivity index (χ4n) is 4.63. The van der Waals surface area contributed by atoms with E-state index < -0.39 is 0 Å². The molecule has 0 bridgehead atoms. The summed E-state index contributed by atoms with van der Waals surface area (Å²) >= 11 is 1.70. The topological polar surface area (TPSA) is 40.8 Å². The normalized spacial score (nSPS) is 11.2. The fourth-order valence-corrected chi connectivity index (χ4v) is 5.60. The molecule has 0 aliphatic rings. The third kappa shape index (κ3) is 3.22. The number of fused-ring (bicyclic) bond motifs is 3. The molecule has 0 saturated heterocycles. The summed E-state index contributed by atoms with van der Waals surface area (Å²) in [5, 5.41) is 15.0. The van der Waals surface area contributed by atoms with Gasteiger partial charge in [-0.3, -0.25) is 0 Å². The van der Waals surface area contributed by atoms with E-state index >= 15 is 0 Å². The van der Waals surface area contributed by atoms with Crippen molar-refractivity contribution in [3.8, 4) is 38.9 Å². The summed E-state index contributed by atoms with van der Waals surface area (Å²) in [6.45, 7) is 2.12. The average molecular weight is 458 g/mol. The maximum atomic E-state index is 9.77. The first-order chi connectivity index (χ1) is 16.6. The molecule has 0 unspecified atom stereocenters. The van der Waals surface area contributed by atoms with Crippen LogP contribution >= 0.6 is 11.3 Å². The summed E-state index contributed by atoms with van der Waals surface area (Å²) < 4.78 is 8.76. The van der Waals surface area contributed by atoms with Crippen LogP contribution in [-0.2, 0) is 7.05 Å². The molecule has 0 saturated carbocycles. The molecule has 0 aliphatic heterocycles. The lowest BCUT2D eigenvalue weighted by Gasteiger charge is -2.06. The number of nitrogens with zero attached hydrogens (tertiary/aromatic N) is 2. The molecular formula is C30H21N2OS+. The minimum atomic E-state index is 0.626. The molecule has 0 fully saturated rings. The van der Waals surface area contributed by atoms with Crippen molar-refractivity contribution in [1.82, 2.24) is 0 Å². The van der Waals surface area contributed by atoms with Gasteiger partial charge >= 0.3 is 0 Å². The lowest BCUT2D eigenvalue weighted by atomic mass is 9.96. The van der Waals surface area contributed by atoms with Gasteiger partial charge in [0.2, 0.25) is 0 Å². The quantitative estimate of drug-likeness (QED) is 0.256. The van der Waals surface area contributed by atoms with Gasteiger partial charge < -0.3 is 4.42 Å². The Bertz CT molecular complexity index is 1720. The molecule has 4 heteroatoms. The number of rotatable bonds is 3. The number of aromatic nitrogens is 1. The van der Waals surface area contributed by atoms with E-state index in [0.717, 1.165) is 49.2 Å². The monoisotopic (exact) mass is 457 g/mol. The van der Waals surface area contributed by atoms with Crippen molar-refractivity contribution >= 4 is 33.3 Å². The van der Waals surface area contributed by atoms with Crippen LogP contribution in [-0.4, -0.2) is 0 Å². The van der Waals surface area contributed by atoms with Crippen molar-refractivity contribution in [3.05, 3.63) is 102 Å². The fraction of sp³-hybridized carbons (Fsp3) is 0.0667. The van der Waals surface area contributed by atoms with Gasteiger partial charge in [-0.15, -0.1) is 0 Å². The zero-order valence-electron chi connectivity index (χ0n) is 18.9. The van der Waals surface area contributed by atoms with E-state index in [9.17, 15) is 5.26 Å². The Morgan fingerprint density at radius 2 is 1.56 bits per heavy atom. The van der Waals surface area contributed by atoms with Gasteiger partial charge in [0.1, 0.15) is 18.2 Å². The number of benzene rings is 4. The third-order valence-electron chi connectivity index (χ3n) is 6.38. The Balaban J connectivity index is 1.60. The first-order valence-corrected chi connectivity index (χ1v) is 12.0. The number of aryl methyl sites for hydroxylation is 2. The number of furan rings is 1. The van der Waals surface area contributed by atoms with Gasteiger partial charge in [0.25, 0.3) is 5.01 Å². The van der Waals surface area contributed by atoms with E-state index in [1.165, 1.54) is 11.1 Å². The van der Waals surface area contributed by atoms with Gasteiger partial charge in [-0.25, -0.2) is 0 Å². The highest BCUT2D eigenvalue weighted by molar-refractivity contribution is 7.12. The highest BCUT2D eigenvalue weighted by Gasteiger charge is 2.23. The maximum Gasteiger partial charge on any atom is 0.272 e. The van der Waals surface area contributed by atoms with Crippen molar-refractivity contribution in [2.75, 3.05) is 0 Å². The van der Waals surface area contributed by atoms with Gasteiger partial charge in [-0.1, -0.05) is 78.1 Å². The second-order valence-electron chi connectivity index (χ2n) is 8.51. The molecule has 6 rings (SSSR count). The first-order valence-electron chi connectivity index (χ1n) is 11.1. The van der Waals surface area contributed by atoms with Crippen LogP contribution in [0.1, 0.15) is 11.1 Å². The molecule has 3 nitrogen and oxygen atoms in total. The summed E-state index contributed by atoms with van der Waals surface area (Å²) in [4.78, 5) is 0. The van der Waals surface area contributed by atoms with E-state index in [1.54, 1.807) is 11.3 Å². The van der Waals surface area contributed by atoms with Crippen LogP contribution < -0.4 is 4.57 Å². The number of hydrogen-bond acceptors (Lipinski definition) is 3. The number of thiazole rings is 1. The molecule has 0 radical (unpaired) electrons. The van der Waals surface area contributed by atoms with Crippen molar-refractivity contribution in [1.29, 1.82) is 5.26 Å². The summed E-state index contributed by atoms with van der Waals surface area (Å²) in [6, 6.07) is 29.3. The summed E-state index contributed by atoms with van der Waals surface area (Å²) in [6.07, 6.45) is 2.06. The molecule has 0 spiro atoms. The lowest BCUT2D eigenvalue weighted by molar-refractivity contribution is -0.655. The van der Waals surface area contributed by atoms with Crippen molar-refractivity contribution < 1.29 is 8.98 Å². The summed E-state index contributed by atoms with van der Waals surface area (Å²) in [5.74, 6) is 0. The SMILES string of the molecule is Cc1ccc2c(oc3c(-c4ccc(-c5ccccc5)cc4)cc(C#N)cc32)c1-c1scc[n+]1C. The third-order valence-corrected chi connectivity index (χ3v) is 7.35. The Morgan fingerprint density at radius 1 is 0.824 bits per heavy atom. The van der Waals surface area contributed by atoms with Gasteiger partial charge in [0.05, 0.1) is 17.0 Å². The number of hydrogen-bond donors (Lipinski definition) is 0. The molecule has 4 aromatic carbocycles. The van der Waals surface area contributed by atoms with Gasteiger partial charge in [-0.05, 0) is 41.3 Å². The molecule has 0 amide bonds. The minimum absolute atomic E-state index is 0.626. The van der Waals surface area contributed by atoms with Crippen LogP contribution in [0.4, 0.5) is 0 Å². The van der Waals surface area contributed by atoms with Crippen LogP contribution in [0.5, 0.6) is 0 Å². The van der Waals surface area contributed by atoms with E-state index in [4.69, 9.17) is 4.42 Å². The predicted molar refractivity (Wildman–Crippen MR) is 139 cm³/mol. The van der Waals surface area contributed by atoms with E-state index in [2.05, 4.69) is 84.7 Å². The average Bonchev–Trinajstić information content (AvgIpc) is 3.47. The van der Waals surface area contributed by atoms with Gasteiger partial charge in [-0.2, -0.15) is 9.83 Å². The molecule has 6 aromatic rings. The van der Waals surface area contributed by atoms with E-state index in [0.29, 0.717) is 5.56 Å². The van der Waals surface area contributed by atoms with Crippen molar-refractivity contribution in [2.24, 2.45) is 7.05 Å².